The number of carboxylic acid groups (broad SMARTS) is 1. The van der Waals surface area contributed by atoms with Crippen LogP contribution in [0.15, 0.2) is 18.2 Å². The van der Waals surface area contributed by atoms with E-state index in [2.05, 4.69) is 0 Å². The molecule has 1 saturated carbocycles. The molecule has 0 atom stereocenters. The van der Waals surface area contributed by atoms with Gasteiger partial charge < -0.3 is 19.5 Å². The first-order chi connectivity index (χ1) is 11.5. The smallest absolute Gasteiger partial charge is 0.303 e. The average Bonchev–Trinajstić information content (AvgIpc) is 3.07. The molecule has 1 N–H and O–H groups in total. The maximum absolute atomic E-state index is 12.4. The Kier molecular flexibility index (Phi) is 6.46. The van der Waals surface area contributed by atoms with Gasteiger partial charge in [0.1, 0.15) is 0 Å². The molecular formula is C18H25NO5. The van der Waals surface area contributed by atoms with Crippen molar-refractivity contribution in [3.63, 3.8) is 0 Å². The van der Waals surface area contributed by atoms with Crippen LogP contribution in [-0.2, 0) is 4.79 Å². The first-order valence-electron chi connectivity index (χ1n) is 8.33. The molecule has 0 aromatic heterocycles. The molecule has 1 aliphatic rings. The number of carboxylic acids is 1. The Hall–Kier alpha value is -2.24. The van der Waals surface area contributed by atoms with E-state index in [9.17, 15) is 9.59 Å². The van der Waals surface area contributed by atoms with Gasteiger partial charge in [-0.25, -0.2) is 0 Å². The van der Waals surface area contributed by atoms with Gasteiger partial charge in [0.05, 0.1) is 13.2 Å². The Labute approximate surface area is 142 Å². The van der Waals surface area contributed by atoms with Gasteiger partial charge in [0.25, 0.3) is 5.91 Å². The first kappa shape index (κ1) is 18.1. The second-order valence-corrected chi connectivity index (χ2v) is 6.11. The van der Waals surface area contributed by atoms with Crippen molar-refractivity contribution in [1.29, 1.82) is 0 Å². The van der Waals surface area contributed by atoms with Crippen LogP contribution in [0.4, 0.5) is 0 Å². The third-order valence-electron chi connectivity index (χ3n) is 4.24. The molecule has 2 rings (SSSR count). The molecule has 1 aromatic rings. The monoisotopic (exact) mass is 335 g/mol. The number of hydrogen-bond acceptors (Lipinski definition) is 4. The molecule has 132 valence electrons. The molecule has 24 heavy (non-hydrogen) atoms. The van der Waals surface area contributed by atoms with Crippen LogP contribution >= 0.6 is 0 Å². The van der Waals surface area contributed by atoms with Crippen LogP contribution in [0, 0.1) is 0 Å². The highest BCUT2D eigenvalue weighted by Gasteiger charge is 2.20. The van der Waals surface area contributed by atoms with Gasteiger partial charge in [-0.05, 0) is 50.3 Å². The van der Waals surface area contributed by atoms with Gasteiger partial charge >= 0.3 is 5.97 Å². The second-order valence-electron chi connectivity index (χ2n) is 6.11. The van der Waals surface area contributed by atoms with Crippen molar-refractivity contribution in [1.82, 2.24) is 4.90 Å². The fourth-order valence-corrected chi connectivity index (χ4v) is 2.87. The summed E-state index contributed by atoms with van der Waals surface area (Å²) in [7, 11) is 3.22. The normalized spacial score (nSPS) is 14.4. The number of aliphatic carboxylic acids is 1. The second kappa shape index (κ2) is 8.57. The van der Waals surface area contributed by atoms with Crippen molar-refractivity contribution in [2.75, 3.05) is 20.7 Å². The summed E-state index contributed by atoms with van der Waals surface area (Å²) in [4.78, 5) is 24.5. The van der Waals surface area contributed by atoms with Crippen LogP contribution in [0.25, 0.3) is 0 Å². The van der Waals surface area contributed by atoms with Crippen LogP contribution in [0.1, 0.15) is 48.9 Å². The highest BCUT2D eigenvalue weighted by molar-refractivity contribution is 5.94. The van der Waals surface area contributed by atoms with E-state index < -0.39 is 5.97 Å². The lowest BCUT2D eigenvalue weighted by Crippen LogP contribution is -2.28. The Balaban J connectivity index is 2.01. The van der Waals surface area contributed by atoms with Crippen molar-refractivity contribution < 1.29 is 24.2 Å². The number of ether oxygens (including phenoxy) is 2. The van der Waals surface area contributed by atoms with E-state index in [1.165, 1.54) is 17.7 Å². The SMILES string of the molecule is COc1cc(C(=O)N(C)CCCC(=O)O)ccc1OC1CCCC1. The summed E-state index contributed by atoms with van der Waals surface area (Å²) in [6.07, 6.45) is 5.17. The predicted molar refractivity (Wildman–Crippen MR) is 89.7 cm³/mol. The summed E-state index contributed by atoms with van der Waals surface area (Å²) >= 11 is 0. The molecule has 0 heterocycles. The molecule has 0 unspecified atom stereocenters. The Bertz CT molecular complexity index is 581. The Morgan fingerprint density at radius 3 is 2.58 bits per heavy atom. The molecule has 0 radical (unpaired) electrons. The molecule has 1 aromatic carbocycles. The number of benzene rings is 1. The zero-order valence-electron chi connectivity index (χ0n) is 14.3. The predicted octanol–water partition coefficient (Wildman–Crippen LogP) is 2.95. The van der Waals surface area contributed by atoms with E-state index in [0.29, 0.717) is 30.0 Å². The van der Waals surface area contributed by atoms with Crippen LogP contribution in [0.3, 0.4) is 0 Å². The number of nitrogens with zero attached hydrogens (tertiary/aromatic N) is 1. The van der Waals surface area contributed by atoms with Crippen molar-refractivity contribution >= 4 is 11.9 Å². The molecule has 0 bridgehead atoms. The largest absolute Gasteiger partial charge is 0.493 e. The zero-order chi connectivity index (χ0) is 17.5. The molecule has 0 aliphatic heterocycles. The lowest BCUT2D eigenvalue weighted by molar-refractivity contribution is -0.137. The number of hydrogen-bond donors (Lipinski definition) is 1. The maximum Gasteiger partial charge on any atom is 0.303 e. The first-order valence-corrected chi connectivity index (χ1v) is 8.33. The molecule has 1 amide bonds. The molecule has 6 heteroatoms. The average molecular weight is 335 g/mol. The topological polar surface area (TPSA) is 76.1 Å². The fourth-order valence-electron chi connectivity index (χ4n) is 2.87. The van der Waals surface area contributed by atoms with E-state index in [1.807, 2.05) is 0 Å². The third kappa shape index (κ3) is 4.88. The van der Waals surface area contributed by atoms with Gasteiger partial charge in [0.2, 0.25) is 0 Å². The molecular weight excluding hydrogens is 310 g/mol. The number of amides is 1. The van der Waals surface area contributed by atoms with Gasteiger partial charge in [-0.3, -0.25) is 9.59 Å². The highest BCUT2D eigenvalue weighted by Crippen LogP contribution is 2.32. The van der Waals surface area contributed by atoms with Gasteiger partial charge in [-0.1, -0.05) is 0 Å². The number of rotatable bonds is 8. The van der Waals surface area contributed by atoms with Gasteiger partial charge in [0, 0.05) is 25.6 Å². The van der Waals surface area contributed by atoms with Crippen LogP contribution in [-0.4, -0.2) is 48.7 Å². The quantitative estimate of drug-likeness (QED) is 0.790. The van der Waals surface area contributed by atoms with Crippen LogP contribution in [0.2, 0.25) is 0 Å². The number of methoxy groups -OCH3 is 1. The van der Waals surface area contributed by atoms with Gasteiger partial charge in [0.15, 0.2) is 11.5 Å². The van der Waals surface area contributed by atoms with Gasteiger partial charge in [-0.2, -0.15) is 0 Å². The number of carbonyl (C=O) groups excluding carboxylic acids is 1. The van der Waals surface area contributed by atoms with E-state index in [0.717, 1.165) is 12.8 Å². The van der Waals surface area contributed by atoms with E-state index in [1.54, 1.807) is 32.4 Å². The summed E-state index contributed by atoms with van der Waals surface area (Å²) < 4.78 is 11.3. The van der Waals surface area contributed by atoms with Crippen molar-refractivity contribution in [3.8, 4) is 11.5 Å². The Morgan fingerprint density at radius 1 is 1.25 bits per heavy atom. The number of carbonyl (C=O) groups is 2. The van der Waals surface area contributed by atoms with E-state index >= 15 is 0 Å². The summed E-state index contributed by atoms with van der Waals surface area (Å²) in [6, 6.07) is 5.18. The van der Waals surface area contributed by atoms with Crippen LogP contribution in [0.5, 0.6) is 11.5 Å². The summed E-state index contributed by atoms with van der Waals surface area (Å²) in [5.41, 5.74) is 0.503. The lowest BCUT2D eigenvalue weighted by Gasteiger charge is -2.19. The minimum atomic E-state index is -0.856. The molecule has 0 saturated heterocycles. The van der Waals surface area contributed by atoms with Crippen molar-refractivity contribution in [2.24, 2.45) is 0 Å². The minimum Gasteiger partial charge on any atom is -0.493 e. The summed E-state index contributed by atoms with van der Waals surface area (Å²) in [5, 5.41) is 8.66. The van der Waals surface area contributed by atoms with E-state index in [4.69, 9.17) is 14.6 Å². The summed E-state index contributed by atoms with van der Waals surface area (Å²) in [5.74, 6) is 0.193. The zero-order valence-corrected chi connectivity index (χ0v) is 14.3. The summed E-state index contributed by atoms with van der Waals surface area (Å²) in [6.45, 7) is 0.397. The van der Waals surface area contributed by atoms with Crippen molar-refractivity contribution in [3.05, 3.63) is 23.8 Å². The van der Waals surface area contributed by atoms with Crippen molar-refractivity contribution in [2.45, 2.75) is 44.6 Å². The van der Waals surface area contributed by atoms with Gasteiger partial charge in [-0.15, -0.1) is 0 Å². The highest BCUT2D eigenvalue weighted by atomic mass is 16.5. The third-order valence-corrected chi connectivity index (χ3v) is 4.24. The Morgan fingerprint density at radius 2 is 1.96 bits per heavy atom. The van der Waals surface area contributed by atoms with E-state index in [-0.39, 0.29) is 18.4 Å². The lowest BCUT2D eigenvalue weighted by atomic mass is 10.1. The fraction of sp³-hybridized carbons (Fsp3) is 0.556. The molecule has 1 fully saturated rings. The standard InChI is InChI=1S/C18H25NO5/c1-19(11-5-8-17(20)21)18(22)13-9-10-15(16(12-13)23-2)24-14-6-3-4-7-14/h9-10,12,14H,3-8,11H2,1-2H3,(H,20,21). The van der Waals surface area contributed by atoms with Crippen LogP contribution < -0.4 is 9.47 Å². The minimum absolute atomic E-state index is 0.0507. The molecule has 0 spiro atoms. The molecule has 1 aliphatic carbocycles. The molecule has 6 nitrogen and oxygen atoms in total. The maximum atomic E-state index is 12.4.